The van der Waals surface area contributed by atoms with Gasteiger partial charge in [0.2, 0.25) is 5.70 Å². The molecule has 0 fully saturated rings. The first-order chi connectivity index (χ1) is 8.96. The fourth-order valence-corrected chi connectivity index (χ4v) is 1.69. The molecule has 0 aromatic heterocycles. The van der Waals surface area contributed by atoms with Crippen LogP contribution in [0.5, 0.6) is 17.2 Å². The maximum absolute atomic E-state index is 10.9. The molecule has 0 amide bonds. The lowest BCUT2D eigenvalue weighted by atomic mass is 10.0. The van der Waals surface area contributed by atoms with Crippen molar-refractivity contribution in [3.05, 3.63) is 33.5 Å². The summed E-state index contributed by atoms with van der Waals surface area (Å²) in [5.74, 6) is 1.49. The molecule has 0 unspecified atom stereocenters. The number of rotatable bonds is 5. The Morgan fingerprint density at radius 2 is 1.53 bits per heavy atom. The summed E-state index contributed by atoms with van der Waals surface area (Å²) in [6, 6.07) is 3.32. The van der Waals surface area contributed by atoms with Gasteiger partial charge in [-0.15, -0.1) is 0 Å². The van der Waals surface area contributed by atoms with Gasteiger partial charge in [0.1, 0.15) is 17.2 Å². The summed E-state index contributed by atoms with van der Waals surface area (Å²) in [5, 5.41) is 10.9. The summed E-state index contributed by atoms with van der Waals surface area (Å²) in [6.45, 7) is 3.10. The van der Waals surface area contributed by atoms with Gasteiger partial charge in [-0.25, -0.2) is 0 Å². The van der Waals surface area contributed by atoms with Crippen molar-refractivity contribution in [1.82, 2.24) is 0 Å². The summed E-state index contributed by atoms with van der Waals surface area (Å²) in [6.07, 6.45) is 0. The molecule has 104 valence electrons. The summed E-state index contributed by atoms with van der Waals surface area (Å²) in [7, 11) is 4.51. The van der Waals surface area contributed by atoms with Crippen molar-refractivity contribution in [2.45, 2.75) is 13.8 Å². The standard InChI is InChI=1S/C13H17NO5/c1-8(9(2)14(15)16)13-11(18-4)6-10(17-3)7-12(13)19-5/h6-7H,1-5H3. The molecule has 6 nitrogen and oxygen atoms in total. The molecule has 0 bridgehead atoms. The third-order valence-corrected chi connectivity index (χ3v) is 2.91. The highest BCUT2D eigenvalue weighted by Crippen LogP contribution is 2.39. The van der Waals surface area contributed by atoms with Crippen LogP contribution in [0.4, 0.5) is 0 Å². The van der Waals surface area contributed by atoms with Crippen molar-refractivity contribution in [3.8, 4) is 17.2 Å². The van der Waals surface area contributed by atoms with Crippen LogP contribution in [0.15, 0.2) is 17.8 Å². The number of nitrogens with zero attached hydrogens (tertiary/aromatic N) is 1. The van der Waals surface area contributed by atoms with E-state index in [1.54, 1.807) is 19.1 Å². The van der Waals surface area contributed by atoms with E-state index in [0.717, 1.165) is 0 Å². The van der Waals surface area contributed by atoms with Gasteiger partial charge in [-0.2, -0.15) is 0 Å². The second-order valence-corrected chi connectivity index (χ2v) is 3.87. The highest BCUT2D eigenvalue weighted by atomic mass is 16.6. The molecule has 0 radical (unpaired) electrons. The molecule has 1 rings (SSSR count). The SMILES string of the molecule is COc1cc(OC)c(C(C)=C(C)[N+](=O)[O-])c(OC)c1. The Morgan fingerprint density at radius 1 is 1.05 bits per heavy atom. The molecule has 0 N–H and O–H groups in total. The maximum Gasteiger partial charge on any atom is 0.246 e. The van der Waals surface area contributed by atoms with Gasteiger partial charge >= 0.3 is 0 Å². The van der Waals surface area contributed by atoms with Crippen LogP contribution < -0.4 is 14.2 Å². The van der Waals surface area contributed by atoms with Crippen LogP contribution in [0.1, 0.15) is 19.4 Å². The lowest BCUT2D eigenvalue weighted by Crippen LogP contribution is -2.02. The van der Waals surface area contributed by atoms with Crippen molar-refractivity contribution in [3.63, 3.8) is 0 Å². The van der Waals surface area contributed by atoms with Gasteiger partial charge in [0, 0.05) is 24.6 Å². The molecule has 0 atom stereocenters. The monoisotopic (exact) mass is 267 g/mol. The van der Waals surface area contributed by atoms with Gasteiger partial charge in [-0.05, 0) is 6.92 Å². The number of nitro groups is 1. The van der Waals surface area contributed by atoms with Gasteiger partial charge in [-0.1, -0.05) is 0 Å². The van der Waals surface area contributed by atoms with E-state index >= 15 is 0 Å². The van der Waals surface area contributed by atoms with Crippen LogP contribution in [0.2, 0.25) is 0 Å². The first-order valence-electron chi connectivity index (χ1n) is 5.58. The van der Waals surface area contributed by atoms with E-state index in [-0.39, 0.29) is 5.70 Å². The molecule has 0 heterocycles. The second kappa shape index (κ2) is 6.08. The van der Waals surface area contributed by atoms with Crippen LogP contribution in [0.25, 0.3) is 5.57 Å². The van der Waals surface area contributed by atoms with Crippen LogP contribution in [0.3, 0.4) is 0 Å². The zero-order valence-corrected chi connectivity index (χ0v) is 11.6. The minimum absolute atomic E-state index is 0.0433. The van der Waals surface area contributed by atoms with Crippen molar-refractivity contribution >= 4 is 5.57 Å². The minimum Gasteiger partial charge on any atom is -0.496 e. The lowest BCUT2D eigenvalue weighted by molar-refractivity contribution is -0.423. The van der Waals surface area contributed by atoms with Crippen LogP contribution in [-0.4, -0.2) is 26.3 Å². The average Bonchev–Trinajstić information content (AvgIpc) is 2.43. The Labute approximate surface area is 111 Å². The summed E-state index contributed by atoms with van der Waals surface area (Å²) in [5.41, 5.74) is 1.09. The lowest BCUT2D eigenvalue weighted by Gasteiger charge is -2.15. The molecular weight excluding hydrogens is 250 g/mol. The molecular formula is C13H17NO5. The molecule has 0 spiro atoms. The fraction of sp³-hybridized carbons (Fsp3) is 0.385. The van der Waals surface area contributed by atoms with Gasteiger partial charge in [0.05, 0.1) is 31.8 Å². The van der Waals surface area contributed by atoms with Crippen molar-refractivity contribution in [2.24, 2.45) is 0 Å². The summed E-state index contributed by atoms with van der Waals surface area (Å²) in [4.78, 5) is 10.4. The Kier molecular flexibility index (Phi) is 4.74. The predicted molar refractivity (Wildman–Crippen MR) is 71.4 cm³/mol. The van der Waals surface area contributed by atoms with E-state index in [1.165, 1.54) is 28.3 Å². The number of methoxy groups -OCH3 is 3. The molecule has 19 heavy (non-hydrogen) atoms. The molecule has 6 heteroatoms. The molecule has 0 aliphatic carbocycles. The number of ether oxygens (including phenoxy) is 3. The van der Waals surface area contributed by atoms with E-state index in [4.69, 9.17) is 14.2 Å². The average molecular weight is 267 g/mol. The minimum atomic E-state index is -0.432. The zero-order chi connectivity index (χ0) is 14.6. The van der Waals surface area contributed by atoms with Crippen LogP contribution in [-0.2, 0) is 0 Å². The second-order valence-electron chi connectivity index (χ2n) is 3.87. The van der Waals surface area contributed by atoms with Gasteiger partial charge in [-0.3, -0.25) is 10.1 Å². The molecule has 1 aromatic rings. The Hall–Kier alpha value is -2.24. The van der Waals surface area contributed by atoms with E-state index in [1.807, 2.05) is 0 Å². The van der Waals surface area contributed by atoms with Crippen molar-refractivity contribution < 1.29 is 19.1 Å². The third kappa shape index (κ3) is 2.96. The highest BCUT2D eigenvalue weighted by Gasteiger charge is 2.20. The van der Waals surface area contributed by atoms with Crippen molar-refractivity contribution in [1.29, 1.82) is 0 Å². The normalized spacial score (nSPS) is 11.6. The summed E-state index contributed by atoms with van der Waals surface area (Å²) >= 11 is 0. The zero-order valence-electron chi connectivity index (χ0n) is 11.6. The molecule has 1 aromatic carbocycles. The molecule has 0 saturated heterocycles. The molecule has 0 aliphatic rings. The third-order valence-electron chi connectivity index (χ3n) is 2.91. The van der Waals surface area contributed by atoms with Crippen molar-refractivity contribution in [2.75, 3.05) is 21.3 Å². The summed E-state index contributed by atoms with van der Waals surface area (Å²) < 4.78 is 15.7. The van der Waals surface area contributed by atoms with Gasteiger partial charge < -0.3 is 14.2 Å². The first-order valence-corrected chi connectivity index (χ1v) is 5.58. The number of benzene rings is 1. The maximum atomic E-state index is 10.9. The molecule has 0 saturated carbocycles. The van der Waals surface area contributed by atoms with E-state index < -0.39 is 4.92 Å². The fourth-order valence-electron chi connectivity index (χ4n) is 1.69. The Bertz CT molecular complexity index is 497. The number of hydrogen-bond donors (Lipinski definition) is 0. The van der Waals surface area contributed by atoms with E-state index in [0.29, 0.717) is 28.4 Å². The number of allylic oxidation sites excluding steroid dienone is 2. The molecule has 0 aliphatic heterocycles. The van der Waals surface area contributed by atoms with Crippen LogP contribution in [0, 0.1) is 10.1 Å². The topological polar surface area (TPSA) is 70.8 Å². The Balaban J connectivity index is 3.57. The van der Waals surface area contributed by atoms with Gasteiger partial charge in [0.25, 0.3) is 0 Å². The van der Waals surface area contributed by atoms with Gasteiger partial charge in [0.15, 0.2) is 0 Å². The Morgan fingerprint density at radius 3 is 1.84 bits per heavy atom. The largest absolute Gasteiger partial charge is 0.496 e. The number of hydrogen-bond acceptors (Lipinski definition) is 5. The highest BCUT2D eigenvalue weighted by molar-refractivity contribution is 5.76. The smallest absolute Gasteiger partial charge is 0.246 e. The van der Waals surface area contributed by atoms with E-state index in [2.05, 4.69) is 0 Å². The predicted octanol–water partition coefficient (Wildman–Crippen LogP) is 2.74. The quantitative estimate of drug-likeness (QED) is 0.606. The van der Waals surface area contributed by atoms with E-state index in [9.17, 15) is 10.1 Å². The first kappa shape index (κ1) is 14.8. The van der Waals surface area contributed by atoms with Crippen LogP contribution >= 0.6 is 0 Å².